The van der Waals surface area contributed by atoms with E-state index in [9.17, 15) is 0 Å². The first kappa shape index (κ1) is 11.5. The molecule has 80 valence electrons. The summed E-state index contributed by atoms with van der Waals surface area (Å²) in [6, 6.07) is 2.15. The maximum absolute atomic E-state index is 8.41. The lowest BCUT2D eigenvalue weighted by molar-refractivity contribution is 0.137. The van der Waals surface area contributed by atoms with Gasteiger partial charge in [-0.3, -0.25) is 0 Å². The molecule has 1 aliphatic heterocycles. The topological polar surface area (TPSA) is 39.1 Å². The van der Waals surface area contributed by atoms with Crippen LogP contribution in [0.3, 0.4) is 0 Å². The quantitative estimate of drug-likeness (QED) is 0.686. The van der Waals surface area contributed by atoms with Gasteiger partial charge in [-0.15, -0.1) is 0 Å². The third kappa shape index (κ3) is 3.65. The van der Waals surface area contributed by atoms with Gasteiger partial charge in [0.1, 0.15) is 0 Å². The van der Waals surface area contributed by atoms with Gasteiger partial charge in [0.15, 0.2) is 0 Å². The fourth-order valence-corrected chi connectivity index (χ4v) is 1.87. The summed E-state index contributed by atoms with van der Waals surface area (Å²) in [5.74, 6) is 0. The van der Waals surface area contributed by atoms with E-state index in [0.717, 1.165) is 13.1 Å². The molecule has 0 radical (unpaired) electrons. The molecule has 1 heterocycles. The van der Waals surface area contributed by atoms with Gasteiger partial charge < -0.3 is 10.2 Å². The number of piperidine rings is 1. The zero-order valence-electron chi connectivity index (χ0n) is 9.34. The molecule has 0 spiro atoms. The van der Waals surface area contributed by atoms with Gasteiger partial charge in [-0.05, 0) is 38.4 Å². The van der Waals surface area contributed by atoms with Crippen LogP contribution in [0, 0.1) is 16.7 Å². The highest BCUT2D eigenvalue weighted by Gasteiger charge is 2.27. The summed E-state index contributed by atoms with van der Waals surface area (Å²) in [4.78, 5) is 2.39. The predicted octanol–water partition coefficient (Wildman–Crippen LogP) is 1.22. The smallest absolute Gasteiger partial charge is 0.0635 e. The standard InChI is InChI=1S/C11H21N3/c1-11(10-13-7-3-6-12)4-8-14(2)9-5-11/h13H,3-5,7-10H2,1-2H3. The van der Waals surface area contributed by atoms with Crippen molar-refractivity contribution < 1.29 is 0 Å². The molecule has 0 saturated carbocycles. The van der Waals surface area contributed by atoms with Gasteiger partial charge >= 0.3 is 0 Å². The molecule has 0 bridgehead atoms. The average Bonchev–Trinajstić information content (AvgIpc) is 2.18. The lowest BCUT2D eigenvalue weighted by Gasteiger charge is -2.38. The van der Waals surface area contributed by atoms with Crippen LogP contribution in [0.1, 0.15) is 26.2 Å². The van der Waals surface area contributed by atoms with E-state index in [1.165, 1.54) is 25.9 Å². The molecule has 3 heteroatoms. The zero-order chi connectivity index (χ0) is 10.4. The summed E-state index contributed by atoms with van der Waals surface area (Å²) in [5, 5.41) is 11.8. The molecule has 1 rings (SSSR count). The van der Waals surface area contributed by atoms with Crippen LogP contribution in [0.4, 0.5) is 0 Å². The third-order valence-corrected chi connectivity index (χ3v) is 3.16. The summed E-state index contributed by atoms with van der Waals surface area (Å²) in [6.07, 6.45) is 3.15. The van der Waals surface area contributed by atoms with Crippen LogP contribution in [0.5, 0.6) is 0 Å². The molecule has 1 fully saturated rings. The Morgan fingerprint density at radius 1 is 1.43 bits per heavy atom. The fraction of sp³-hybridized carbons (Fsp3) is 0.909. The number of nitriles is 1. The van der Waals surface area contributed by atoms with Gasteiger partial charge in [-0.2, -0.15) is 5.26 Å². The maximum atomic E-state index is 8.41. The van der Waals surface area contributed by atoms with Crippen molar-refractivity contribution in [2.24, 2.45) is 5.41 Å². The molecule has 0 aromatic heterocycles. The van der Waals surface area contributed by atoms with E-state index in [4.69, 9.17) is 5.26 Å². The van der Waals surface area contributed by atoms with Crippen LogP contribution in [0.2, 0.25) is 0 Å². The van der Waals surface area contributed by atoms with Crippen molar-refractivity contribution in [2.45, 2.75) is 26.2 Å². The summed E-state index contributed by atoms with van der Waals surface area (Å²) < 4.78 is 0. The van der Waals surface area contributed by atoms with E-state index in [-0.39, 0.29) is 0 Å². The first-order valence-corrected chi connectivity index (χ1v) is 5.42. The summed E-state index contributed by atoms with van der Waals surface area (Å²) in [6.45, 7) is 6.65. The predicted molar refractivity (Wildman–Crippen MR) is 57.9 cm³/mol. The van der Waals surface area contributed by atoms with Crippen molar-refractivity contribution in [1.82, 2.24) is 10.2 Å². The minimum absolute atomic E-state index is 0.446. The molecule has 3 nitrogen and oxygen atoms in total. The van der Waals surface area contributed by atoms with Crippen molar-refractivity contribution in [3.8, 4) is 6.07 Å². The second kappa shape index (κ2) is 5.33. The van der Waals surface area contributed by atoms with Crippen LogP contribution in [0.15, 0.2) is 0 Å². The van der Waals surface area contributed by atoms with E-state index in [1.54, 1.807) is 0 Å². The molecule has 1 N–H and O–H groups in total. The summed E-state index contributed by atoms with van der Waals surface area (Å²) >= 11 is 0. The van der Waals surface area contributed by atoms with Gasteiger partial charge in [0.25, 0.3) is 0 Å². The Morgan fingerprint density at radius 3 is 2.64 bits per heavy atom. The van der Waals surface area contributed by atoms with E-state index < -0.39 is 0 Å². The maximum Gasteiger partial charge on any atom is 0.0635 e. The Balaban J connectivity index is 2.19. The fourth-order valence-electron chi connectivity index (χ4n) is 1.87. The normalized spacial score (nSPS) is 21.8. The van der Waals surface area contributed by atoms with Gasteiger partial charge in [-0.25, -0.2) is 0 Å². The van der Waals surface area contributed by atoms with Crippen molar-refractivity contribution in [3.63, 3.8) is 0 Å². The first-order chi connectivity index (χ1) is 6.66. The molecular formula is C11H21N3. The highest BCUT2D eigenvalue weighted by Crippen LogP contribution is 2.29. The van der Waals surface area contributed by atoms with Crippen molar-refractivity contribution in [1.29, 1.82) is 5.26 Å². The first-order valence-electron chi connectivity index (χ1n) is 5.42. The number of hydrogen-bond donors (Lipinski definition) is 1. The Bertz CT molecular complexity index is 199. The molecule has 0 aromatic rings. The van der Waals surface area contributed by atoms with Gasteiger partial charge in [0.05, 0.1) is 6.07 Å². The van der Waals surface area contributed by atoms with Crippen LogP contribution in [-0.2, 0) is 0 Å². The number of nitrogens with one attached hydrogen (secondary N) is 1. The number of rotatable bonds is 4. The number of hydrogen-bond acceptors (Lipinski definition) is 3. The highest BCUT2D eigenvalue weighted by molar-refractivity contribution is 4.83. The average molecular weight is 195 g/mol. The lowest BCUT2D eigenvalue weighted by Crippen LogP contribution is -2.42. The third-order valence-electron chi connectivity index (χ3n) is 3.16. The number of likely N-dealkylation sites (tertiary alicyclic amines) is 1. The number of nitrogens with zero attached hydrogens (tertiary/aromatic N) is 2. The minimum atomic E-state index is 0.446. The molecule has 14 heavy (non-hydrogen) atoms. The molecule has 0 unspecified atom stereocenters. The zero-order valence-corrected chi connectivity index (χ0v) is 9.34. The highest BCUT2D eigenvalue weighted by atomic mass is 15.1. The van der Waals surface area contributed by atoms with E-state index in [1.807, 2.05) is 0 Å². The van der Waals surface area contributed by atoms with Crippen LogP contribution < -0.4 is 5.32 Å². The lowest BCUT2D eigenvalue weighted by atomic mass is 9.80. The van der Waals surface area contributed by atoms with Crippen LogP contribution in [-0.4, -0.2) is 38.1 Å². The van der Waals surface area contributed by atoms with E-state index in [0.29, 0.717) is 11.8 Å². The molecule has 0 atom stereocenters. The van der Waals surface area contributed by atoms with Gasteiger partial charge in [0, 0.05) is 19.5 Å². The second-order valence-corrected chi connectivity index (χ2v) is 4.70. The van der Waals surface area contributed by atoms with E-state index in [2.05, 4.69) is 30.3 Å². The van der Waals surface area contributed by atoms with Crippen molar-refractivity contribution in [2.75, 3.05) is 33.2 Å². The molecular weight excluding hydrogens is 174 g/mol. The monoisotopic (exact) mass is 195 g/mol. The van der Waals surface area contributed by atoms with E-state index >= 15 is 0 Å². The van der Waals surface area contributed by atoms with Crippen molar-refractivity contribution in [3.05, 3.63) is 0 Å². The Kier molecular flexibility index (Phi) is 4.37. The summed E-state index contributed by atoms with van der Waals surface area (Å²) in [7, 11) is 2.18. The van der Waals surface area contributed by atoms with Crippen molar-refractivity contribution >= 4 is 0 Å². The molecule has 0 aromatic carbocycles. The molecule has 1 saturated heterocycles. The van der Waals surface area contributed by atoms with Crippen LogP contribution in [0.25, 0.3) is 0 Å². The van der Waals surface area contributed by atoms with Gasteiger partial charge in [0.2, 0.25) is 0 Å². The van der Waals surface area contributed by atoms with Crippen LogP contribution >= 0.6 is 0 Å². The molecule has 0 amide bonds. The Labute approximate surface area is 87.1 Å². The Hall–Kier alpha value is -0.590. The molecule has 1 aliphatic rings. The SMILES string of the molecule is CN1CCC(C)(CNCCC#N)CC1. The molecule has 0 aliphatic carbocycles. The second-order valence-electron chi connectivity index (χ2n) is 4.70. The largest absolute Gasteiger partial charge is 0.315 e. The minimum Gasteiger partial charge on any atom is -0.315 e. The summed E-state index contributed by atoms with van der Waals surface area (Å²) in [5.41, 5.74) is 0.446. The Morgan fingerprint density at radius 2 is 2.07 bits per heavy atom. The van der Waals surface area contributed by atoms with Gasteiger partial charge in [-0.1, -0.05) is 6.92 Å².